The number of aromatic hydroxyl groups is 1. The molecule has 2 unspecified atom stereocenters. The van der Waals surface area contributed by atoms with E-state index in [1.807, 2.05) is 0 Å². The van der Waals surface area contributed by atoms with Gasteiger partial charge in [0.05, 0.1) is 33.8 Å². The van der Waals surface area contributed by atoms with Gasteiger partial charge >= 0.3 is 11.9 Å². The Bertz CT molecular complexity index is 1370. The van der Waals surface area contributed by atoms with Crippen molar-refractivity contribution in [1.29, 1.82) is 0 Å². The first-order valence-electron chi connectivity index (χ1n) is 9.89. The molecule has 1 aliphatic rings. The van der Waals surface area contributed by atoms with Crippen molar-refractivity contribution in [3.8, 4) is 17.2 Å². The van der Waals surface area contributed by atoms with Crippen LogP contribution in [0.1, 0.15) is 34.9 Å². The van der Waals surface area contributed by atoms with Crippen molar-refractivity contribution in [2.24, 2.45) is 0 Å². The van der Waals surface area contributed by atoms with Crippen molar-refractivity contribution >= 4 is 35.1 Å². The average Bonchev–Trinajstić information content (AvgIpc) is 3.19. The molecule has 0 radical (unpaired) electrons. The number of pyridine rings is 1. The van der Waals surface area contributed by atoms with Crippen LogP contribution in [0.5, 0.6) is 11.5 Å². The number of aliphatic carboxylic acids is 2. The van der Waals surface area contributed by atoms with E-state index in [0.29, 0.717) is 0 Å². The van der Waals surface area contributed by atoms with Gasteiger partial charge in [-0.15, -0.1) is 0 Å². The lowest BCUT2D eigenvalue weighted by Gasteiger charge is -2.15. The summed E-state index contributed by atoms with van der Waals surface area (Å²) >= 11 is 12.3. The van der Waals surface area contributed by atoms with Gasteiger partial charge in [0, 0.05) is 16.7 Å². The minimum atomic E-state index is -1.38. The zero-order valence-corrected chi connectivity index (χ0v) is 18.7. The van der Waals surface area contributed by atoms with Gasteiger partial charge < -0.3 is 20.1 Å². The summed E-state index contributed by atoms with van der Waals surface area (Å²) in [7, 11) is 0. The van der Waals surface area contributed by atoms with E-state index in [2.05, 4.69) is 0 Å². The molecule has 0 saturated heterocycles. The number of benzene rings is 2. The molecule has 0 amide bonds. The highest BCUT2D eigenvalue weighted by molar-refractivity contribution is 6.32. The topological polar surface area (TPSA) is 126 Å². The van der Waals surface area contributed by atoms with Crippen molar-refractivity contribution in [1.82, 2.24) is 4.57 Å². The third-order valence-corrected chi connectivity index (χ3v) is 6.31. The number of carbonyl (C=O) groups is 2. The van der Waals surface area contributed by atoms with Crippen LogP contribution in [0.15, 0.2) is 47.4 Å². The van der Waals surface area contributed by atoms with E-state index in [1.165, 1.54) is 36.4 Å². The maximum Gasteiger partial charge on any atom is 0.311 e. The largest absolute Gasteiger partial charge is 0.506 e. The lowest BCUT2D eigenvalue weighted by atomic mass is 10.0. The number of nitrogens with zero attached hydrogens (tertiary/aromatic N) is 1. The molecule has 4 rings (SSSR count). The monoisotopic (exact) mass is 507 g/mol. The molecule has 1 aliphatic carbocycles. The first-order valence-corrected chi connectivity index (χ1v) is 10.6. The number of hydrogen-bond acceptors (Lipinski definition) is 5. The second-order valence-electron chi connectivity index (χ2n) is 7.64. The number of carboxylic acid groups (broad SMARTS) is 2. The number of fused-ring (bicyclic) bond motifs is 1. The number of aromatic nitrogens is 1. The Morgan fingerprint density at radius 3 is 2.35 bits per heavy atom. The van der Waals surface area contributed by atoms with Crippen LogP contribution in [0.3, 0.4) is 0 Å². The highest BCUT2D eigenvalue weighted by atomic mass is 35.5. The Labute approximate surface area is 201 Å². The van der Waals surface area contributed by atoms with Crippen LogP contribution in [0.2, 0.25) is 10.0 Å². The van der Waals surface area contributed by atoms with E-state index in [4.69, 9.17) is 27.9 Å². The molecule has 0 bridgehead atoms. The van der Waals surface area contributed by atoms with Crippen LogP contribution < -0.4 is 10.3 Å². The predicted octanol–water partition coefficient (Wildman–Crippen LogP) is 4.31. The Morgan fingerprint density at radius 2 is 1.74 bits per heavy atom. The van der Waals surface area contributed by atoms with Gasteiger partial charge in [-0.3, -0.25) is 19.0 Å². The van der Waals surface area contributed by atoms with E-state index in [0.717, 1.165) is 10.8 Å². The molecule has 3 N–H and O–H groups in total. The Balaban J connectivity index is 1.71. The second-order valence-corrected chi connectivity index (χ2v) is 8.45. The minimum absolute atomic E-state index is 0.0510. The van der Waals surface area contributed by atoms with E-state index >= 15 is 0 Å². The molecule has 8 nitrogen and oxygen atoms in total. The summed E-state index contributed by atoms with van der Waals surface area (Å²) in [5, 5.41) is 29.6. The van der Waals surface area contributed by atoms with Crippen molar-refractivity contribution in [3.63, 3.8) is 0 Å². The summed E-state index contributed by atoms with van der Waals surface area (Å²) in [5.41, 5.74) is -0.963. The highest BCUT2D eigenvalue weighted by Crippen LogP contribution is 2.44. The van der Waals surface area contributed by atoms with Crippen LogP contribution in [0.4, 0.5) is 4.39 Å². The molecular weight excluding hydrogens is 492 g/mol. The number of carboxylic acids is 2. The maximum atomic E-state index is 14.0. The maximum absolute atomic E-state index is 14.0. The fourth-order valence-electron chi connectivity index (χ4n) is 4.02. The SMILES string of the molecule is O=C(O)C1CC(C(=O)O)c2c1c(O)cn(-c1ccc(OCc3c(F)cccc3Cl)c(Cl)c1)c2=O. The van der Waals surface area contributed by atoms with Crippen LogP contribution in [0, 0.1) is 5.82 Å². The van der Waals surface area contributed by atoms with Gasteiger partial charge in [0.1, 0.15) is 23.9 Å². The molecule has 2 aromatic carbocycles. The first kappa shape index (κ1) is 23.6. The molecule has 176 valence electrons. The van der Waals surface area contributed by atoms with Gasteiger partial charge in [0.25, 0.3) is 5.56 Å². The third kappa shape index (κ3) is 4.08. The van der Waals surface area contributed by atoms with Crippen molar-refractivity contribution < 1.29 is 34.0 Å². The molecular formula is C23H16Cl2FNO7. The standard InChI is InChI=1S/C23H16Cl2FNO7/c24-14-2-1-3-16(26)13(14)9-34-18-5-4-10(6-15(18)25)27-8-17(28)19-11(22(30)31)7-12(23(32)33)20(19)21(27)29/h1-6,8,11-12,28H,7,9H2,(H,30,31)(H,32,33). The van der Waals surface area contributed by atoms with Crippen LogP contribution >= 0.6 is 23.2 Å². The predicted molar refractivity (Wildman–Crippen MR) is 120 cm³/mol. The number of halogens is 3. The zero-order valence-electron chi connectivity index (χ0n) is 17.2. The summed E-state index contributed by atoms with van der Waals surface area (Å²) in [6.45, 7) is -0.207. The van der Waals surface area contributed by atoms with Gasteiger partial charge in [-0.2, -0.15) is 0 Å². The van der Waals surface area contributed by atoms with Crippen LogP contribution in [-0.2, 0) is 16.2 Å². The molecule has 3 aromatic rings. The molecule has 0 spiro atoms. The highest BCUT2D eigenvalue weighted by Gasteiger charge is 2.43. The molecule has 1 heterocycles. The number of hydrogen-bond donors (Lipinski definition) is 3. The van der Waals surface area contributed by atoms with E-state index < -0.39 is 40.9 Å². The Morgan fingerprint density at radius 1 is 1.06 bits per heavy atom. The Hall–Kier alpha value is -3.56. The lowest BCUT2D eigenvalue weighted by Crippen LogP contribution is -2.26. The summed E-state index contributed by atoms with van der Waals surface area (Å²) in [6, 6.07) is 8.39. The van der Waals surface area contributed by atoms with Crippen molar-refractivity contribution in [2.45, 2.75) is 24.9 Å². The summed E-state index contributed by atoms with van der Waals surface area (Å²) in [5.74, 6) is -6.31. The lowest BCUT2D eigenvalue weighted by molar-refractivity contribution is -0.140. The van der Waals surface area contributed by atoms with Gasteiger partial charge in [0.2, 0.25) is 0 Å². The van der Waals surface area contributed by atoms with Gasteiger partial charge in [-0.05, 0) is 36.8 Å². The third-order valence-electron chi connectivity index (χ3n) is 5.66. The average molecular weight is 508 g/mol. The first-order chi connectivity index (χ1) is 16.1. The molecule has 0 saturated carbocycles. The zero-order chi connectivity index (χ0) is 24.7. The normalized spacial score (nSPS) is 16.8. The summed E-state index contributed by atoms with van der Waals surface area (Å²) in [6.07, 6.45) is 0.672. The van der Waals surface area contributed by atoms with Gasteiger partial charge in [-0.25, -0.2) is 4.39 Å². The number of ether oxygens (including phenoxy) is 1. The summed E-state index contributed by atoms with van der Waals surface area (Å²) < 4.78 is 20.5. The van der Waals surface area contributed by atoms with E-state index in [1.54, 1.807) is 0 Å². The molecule has 0 fully saturated rings. The number of rotatable bonds is 6. The van der Waals surface area contributed by atoms with Crippen molar-refractivity contribution in [2.75, 3.05) is 0 Å². The van der Waals surface area contributed by atoms with E-state index in [-0.39, 0.29) is 51.2 Å². The fraction of sp³-hybridized carbons (Fsp3) is 0.174. The molecule has 2 atom stereocenters. The molecule has 1 aromatic heterocycles. The minimum Gasteiger partial charge on any atom is -0.506 e. The van der Waals surface area contributed by atoms with Crippen molar-refractivity contribution in [3.05, 3.63) is 85.5 Å². The second kappa shape index (κ2) is 9.00. The molecule has 0 aliphatic heterocycles. The Kier molecular flexibility index (Phi) is 6.24. The van der Waals surface area contributed by atoms with Gasteiger partial charge in [0.15, 0.2) is 0 Å². The summed E-state index contributed by atoms with van der Waals surface area (Å²) in [4.78, 5) is 36.4. The van der Waals surface area contributed by atoms with E-state index in [9.17, 15) is 34.1 Å². The van der Waals surface area contributed by atoms with Gasteiger partial charge in [-0.1, -0.05) is 29.3 Å². The smallest absolute Gasteiger partial charge is 0.311 e. The molecule has 34 heavy (non-hydrogen) atoms. The quantitative estimate of drug-likeness (QED) is 0.453. The van der Waals surface area contributed by atoms with Crippen LogP contribution in [0.25, 0.3) is 5.69 Å². The molecule has 11 heteroatoms. The van der Waals surface area contributed by atoms with Crippen LogP contribution in [-0.4, -0.2) is 31.8 Å². The fourth-order valence-corrected chi connectivity index (χ4v) is 4.47.